The van der Waals surface area contributed by atoms with Gasteiger partial charge in [0.1, 0.15) is 18.4 Å². The van der Waals surface area contributed by atoms with Crippen LogP contribution in [-0.4, -0.2) is 44.8 Å². The number of hydrogen-bond donors (Lipinski definition) is 1. The van der Waals surface area contributed by atoms with Gasteiger partial charge in [0.2, 0.25) is 11.8 Å². The number of carbonyl (C=O) groups excluding carboxylic acids is 2. The molecule has 2 amide bonds. The van der Waals surface area contributed by atoms with E-state index in [1.54, 1.807) is 43.3 Å². The van der Waals surface area contributed by atoms with Crippen LogP contribution in [0.25, 0.3) is 0 Å². The van der Waals surface area contributed by atoms with Crippen LogP contribution in [0.3, 0.4) is 0 Å². The van der Waals surface area contributed by atoms with Crippen LogP contribution in [-0.2, 0) is 32.6 Å². The Kier molecular flexibility index (Phi) is 9.98. The highest BCUT2D eigenvalue weighted by Gasteiger charge is 2.34. The lowest BCUT2D eigenvalue weighted by Gasteiger charge is -2.33. The highest BCUT2D eigenvalue weighted by Crippen LogP contribution is 2.29. The van der Waals surface area contributed by atoms with E-state index < -0.39 is 40.2 Å². The first kappa shape index (κ1) is 30.7. The number of rotatable bonds is 11. The molecule has 10 heteroatoms. The Morgan fingerprint density at radius 3 is 2.14 bits per heavy atom. The molecule has 0 aromatic heterocycles. The van der Waals surface area contributed by atoms with Crippen LogP contribution in [0, 0.1) is 12.7 Å². The molecule has 0 spiro atoms. The van der Waals surface area contributed by atoms with Crippen LogP contribution in [0.2, 0.25) is 5.02 Å². The summed E-state index contributed by atoms with van der Waals surface area (Å²) >= 11 is 6.37. The van der Waals surface area contributed by atoms with E-state index in [2.05, 4.69) is 5.32 Å². The van der Waals surface area contributed by atoms with Crippen molar-refractivity contribution in [1.82, 2.24) is 10.2 Å². The number of amides is 2. The predicted molar refractivity (Wildman–Crippen MR) is 162 cm³/mol. The van der Waals surface area contributed by atoms with E-state index in [4.69, 9.17) is 11.6 Å². The number of benzene rings is 4. The second-order valence-corrected chi connectivity index (χ2v) is 12.0. The second-order valence-electron chi connectivity index (χ2n) is 9.69. The zero-order valence-electron chi connectivity index (χ0n) is 23.2. The van der Waals surface area contributed by atoms with Gasteiger partial charge < -0.3 is 10.2 Å². The van der Waals surface area contributed by atoms with E-state index in [1.165, 1.54) is 48.3 Å². The highest BCUT2D eigenvalue weighted by atomic mass is 35.5. The molecule has 4 rings (SSSR count). The first-order valence-corrected chi connectivity index (χ1v) is 15.1. The summed E-state index contributed by atoms with van der Waals surface area (Å²) < 4.78 is 43.7. The van der Waals surface area contributed by atoms with Gasteiger partial charge in [0.05, 0.1) is 10.6 Å². The third-order valence-corrected chi connectivity index (χ3v) is 9.06. The van der Waals surface area contributed by atoms with Crippen molar-refractivity contribution in [2.75, 3.05) is 17.9 Å². The topological polar surface area (TPSA) is 86.8 Å². The smallest absolute Gasteiger partial charge is 0.264 e. The van der Waals surface area contributed by atoms with Crippen molar-refractivity contribution >= 4 is 39.1 Å². The quantitative estimate of drug-likeness (QED) is 0.248. The normalized spacial score (nSPS) is 11.9. The summed E-state index contributed by atoms with van der Waals surface area (Å²) in [4.78, 5) is 28.7. The molecule has 0 aliphatic heterocycles. The Labute approximate surface area is 250 Å². The molecule has 0 heterocycles. The summed E-state index contributed by atoms with van der Waals surface area (Å²) in [5, 5.41) is 2.92. The molecule has 0 aliphatic rings. The maximum Gasteiger partial charge on any atom is 0.264 e. The van der Waals surface area contributed by atoms with E-state index >= 15 is 0 Å². The summed E-state index contributed by atoms with van der Waals surface area (Å²) in [5.74, 6) is -1.72. The minimum absolute atomic E-state index is 0.0257. The Hall–Kier alpha value is -4.21. The van der Waals surface area contributed by atoms with Gasteiger partial charge in [-0.2, -0.15) is 0 Å². The third-order valence-electron chi connectivity index (χ3n) is 6.87. The fourth-order valence-corrected chi connectivity index (χ4v) is 6.12. The molecule has 0 radical (unpaired) electrons. The van der Waals surface area contributed by atoms with E-state index in [1.807, 2.05) is 30.3 Å². The van der Waals surface area contributed by atoms with E-state index in [0.29, 0.717) is 5.02 Å². The van der Waals surface area contributed by atoms with Crippen molar-refractivity contribution < 1.29 is 22.4 Å². The van der Waals surface area contributed by atoms with Crippen LogP contribution in [0.15, 0.2) is 108 Å². The van der Waals surface area contributed by atoms with Crippen LogP contribution >= 0.6 is 11.6 Å². The van der Waals surface area contributed by atoms with Gasteiger partial charge in [-0.3, -0.25) is 13.9 Å². The van der Waals surface area contributed by atoms with E-state index in [0.717, 1.165) is 15.4 Å². The highest BCUT2D eigenvalue weighted by molar-refractivity contribution is 7.92. The Balaban J connectivity index is 1.81. The fraction of sp³-hybridized carbons (Fsp3) is 0.188. The van der Waals surface area contributed by atoms with Gasteiger partial charge in [0.15, 0.2) is 0 Å². The van der Waals surface area contributed by atoms with Crippen molar-refractivity contribution in [2.45, 2.75) is 30.8 Å². The summed E-state index contributed by atoms with van der Waals surface area (Å²) in [7, 11) is -2.80. The van der Waals surface area contributed by atoms with Gasteiger partial charge in [0, 0.05) is 30.6 Å². The van der Waals surface area contributed by atoms with E-state index in [9.17, 15) is 22.4 Å². The number of anilines is 1. The average Bonchev–Trinajstić information content (AvgIpc) is 3.00. The molecule has 0 aliphatic carbocycles. The van der Waals surface area contributed by atoms with Crippen molar-refractivity contribution in [3.8, 4) is 0 Å². The number of likely N-dealkylation sites (N-methyl/N-ethyl adjacent to an activating group) is 1. The molecule has 42 heavy (non-hydrogen) atoms. The lowest BCUT2D eigenvalue weighted by Crippen LogP contribution is -2.53. The van der Waals surface area contributed by atoms with Crippen molar-refractivity contribution in [1.29, 1.82) is 0 Å². The molecule has 0 saturated carbocycles. The molecule has 4 aromatic carbocycles. The van der Waals surface area contributed by atoms with Crippen LogP contribution in [0.4, 0.5) is 10.1 Å². The zero-order valence-corrected chi connectivity index (χ0v) is 24.8. The lowest BCUT2D eigenvalue weighted by molar-refractivity contribution is -0.139. The molecule has 218 valence electrons. The van der Waals surface area contributed by atoms with Crippen LogP contribution in [0.5, 0.6) is 0 Å². The van der Waals surface area contributed by atoms with Crippen LogP contribution in [0.1, 0.15) is 16.7 Å². The Bertz CT molecular complexity index is 1650. The number of nitrogens with zero attached hydrogens (tertiary/aromatic N) is 2. The molecular formula is C32H31ClFN3O4S. The number of nitrogens with one attached hydrogen (secondary N) is 1. The molecule has 0 fully saturated rings. The van der Waals surface area contributed by atoms with Gasteiger partial charge in [-0.1, -0.05) is 84.4 Å². The first-order valence-electron chi connectivity index (χ1n) is 13.2. The number of carbonyl (C=O) groups is 2. The number of halogens is 2. The van der Waals surface area contributed by atoms with Gasteiger partial charge in [-0.05, 0) is 48.4 Å². The SMILES string of the molecule is CNC(=O)[C@@H](Cc1ccccc1)N(Cc1ccccc1F)C(=O)CN(c1ccc(C)c(Cl)c1)S(=O)(=O)c1ccccc1. The molecule has 0 bridgehead atoms. The summed E-state index contributed by atoms with van der Waals surface area (Å²) in [6, 6.07) is 26.4. The minimum Gasteiger partial charge on any atom is -0.357 e. The minimum atomic E-state index is -4.25. The molecule has 0 unspecified atom stereocenters. The monoisotopic (exact) mass is 607 g/mol. The summed E-state index contributed by atoms with van der Waals surface area (Å²) in [6.07, 6.45) is 0.127. The number of sulfonamides is 1. The average molecular weight is 608 g/mol. The molecule has 0 saturated heterocycles. The van der Waals surface area contributed by atoms with Gasteiger partial charge in [0.25, 0.3) is 10.0 Å². The van der Waals surface area contributed by atoms with Gasteiger partial charge >= 0.3 is 0 Å². The van der Waals surface area contributed by atoms with E-state index in [-0.39, 0.29) is 29.1 Å². The van der Waals surface area contributed by atoms with Crippen molar-refractivity contribution in [2.24, 2.45) is 0 Å². The zero-order chi connectivity index (χ0) is 30.3. The third kappa shape index (κ3) is 7.16. The standard InChI is InChI=1S/C32H31ClFN3O4S/c1-23-17-18-26(20-28(23)33)37(42(40,41)27-14-7-4-8-15-27)22-31(38)36(21-25-13-9-10-16-29(25)34)30(32(39)35-2)19-24-11-5-3-6-12-24/h3-18,20,30H,19,21-22H2,1-2H3,(H,35,39)/t30-/m1/s1. The molecule has 1 atom stereocenters. The van der Waals surface area contributed by atoms with Crippen molar-refractivity contribution in [3.63, 3.8) is 0 Å². The molecular weight excluding hydrogens is 577 g/mol. The fourth-order valence-electron chi connectivity index (χ4n) is 4.52. The molecule has 4 aromatic rings. The largest absolute Gasteiger partial charge is 0.357 e. The lowest BCUT2D eigenvalue weighted by atomic mass is 10.0. The Morgan fingerprint density at radius 2 is 1.52 bits per heavy atom. The molecule has 7 nitrogen and oxygen atoms in total. The summed E-state index contributed by atoms with van der Waals surface area (Å²) in [6.45, 7) is 0.860. The van der Waals surface area contributed by atoms with Gasteiger partial charge in [-0.15, -0.1) is 0 Å². The van der Waals surface area contributed by atoms with Gasteiger partial charge in [-0.25, -0.2) is 12.8 Å². The number of aryl methyl sites for hydroxylation is 1. The maximum absolute atomic E-state index is 14.8. The Morgan fingerprint density at radius 1 is 0.905 bits per heavy atom. The predicted octanol–water partition coefficient (Wildman–Crippen LogP) is 5.37. The second kappa shape index (κ2) is 13.6. The first-order chi connectivity index (χ1) is 20.1. The van der Waals surface area contributed by atoms with Crippen molar-refractivity contribution in [3.05, 3.63) is 131 Å². The maximum atomic E-state index is 14.8. The summed E-state index contributed by atoms with van der Waals surface area (Å²) in [5.41, 5.74) is 1.86. The van der Waals surface area contributed by atoms with Crippen LogP contribution < -0.4 is 9.62 Å². The molecule has 1 N–H and O–H groups in total. The number of hydrogen-bond acceptors (Lipinski definition) is 4.